The van der Waals surface area contributed by atoms with Crippen LogP contribution in [0.1, 0.15) is 31.7 Å². The molecular weight excluding hydrogens is 466 g/mol. The summed E-state index contributed by atoms with van der Waals surface area (Å²) in [6.45, 7) is 8.45. The fraction of sp³-hybridized carbons (Fsp3) is 0.212. The van der Waals surface area contributed by atoms with Crippen LogP contribution in [0.2, 0.25) is 0 Å². The Balaban J connectivity index is 1.36. The second-order valence-corrected chi connectivity index (χ2v) is 10.1. The van der Waals surface area contributed by atoms with Crippen molar-refractivity contribution in [3.05, 3.63) is 103 Å². The number of piperidine rings is 1. The summed E-state index contributed by atoms with van der Waals surface area (Å²) >= 11 is 0. The maximum atomic E-state index is 4.72. The predicted molar refractivity (Wildman–Crippen MR) is 159 cm³/mol. The number of fused-ring (bicyclic) bond motifs is 2. The van der Waals surface area contributed by atoms with Crippen LogP contribution in [0.3, 0.4) is 0 Å². The van der Waals surface area contributed by atoms with E-state index in [0.717, 1.165) is 69.7 Å². The molecule has 1 aliphatic heterocycles. The molecule has 0 atom stereocenters. The first-order valence-electron chi connectivity index (χ1n) is 13.4. The van der Waals surface area contributed by atoms with Gasteiger partial charge in [-0.2, -0.15) is 5.10 Å². The molecule has 3 aromatic heterocycles. The molecule has 1 saturated heterocycles. The third-order valence-corrected chi connectivity index (χ3v) is 7.69. The highest BCUT2D eigenvalue weighted by Crippen LogP contribution is 2.35. The van der Waals surface area contributed by atoms with Crippen LogP contribution in [0.15, 0.2) is 97.4 Å². The quantitative estimate of drug-likeness (QED) is 0.201. The van der Waals surface area contributed by atoms with Gasteiger partial charge in [0.1, 0.15) is 5.69 Å². The molecule has 0 aliphatic carbocycles. The lowest BCUT2D eigenvalue weighted by Gasteiger charge is -2.23. The Hall–Kier alpha value is -4.22. The van der Waals surface area contributed by atoms with Crippen LogP contribution >= 0.6 is 0 Å². The van der Waals surface area contributed by atoms with Gasteiger partial charge in [-0.15, -0.1) is 0 Å². The molecule has 0 radical (unpaired) electrons. The van der Waals surface area contributed by atoms with Crippen molar-refractivity contribution in [3.63, 3.8) is 0 Å². The van der Waals surface area contributed by atoms with Gasteiger partial charge in [0.05, 0.1) is 11.2 Å². The Labute approximate surface area is 223 Å². The number of H-pyrrole nitrogens is 2. The zero-order valence-corrected chi connectivity index (χ0v) is 21.8. The predicted octanol–water partition coefficient (Wildman–Crippen LogP) is 7.68. The second kappa shape index (κ2) is 10.6. The lowest BCUT2D eigenvalue weighted by molar-refractivity contribution is 0.374. The van der Waals surface area contributed by atoms with Crippen LogP contribution < -0.4 is 5.32 Å². The number of aromatic nitrogens is 4. The summed E-state index contributed by atoms with van der Waals surface area (Å²) in [5.41, 5.74) is 9.97. The Morgan fingerprint density at radius 2 is 1.92 bits per heavy atom. The Kier molecular flexibility index (Phi) is 6.76. The van der Waals surface area contributed by atoms with Crippen molar-refractivity contribution in [2.75, 3.05) is 13.1 Å². The standard InChI is InChI=1S/C33H33N5/c1-3-22(17-23-12-15-34-16-13-23)18-24(4-2)25-10-11-31-29(19-25)33(38-37-31)32-20-28-27(8-5-9-30(28)36-32)26-7-6-14-35-21-26/h3-11,14,18-21,23,34,36H,1,12-13,15-17H2,2H3,(H,37,38)/b22-18+,24-4+. The number of allylic oxidation sites excluding steroid dienone is 5. The number of aromatic amines is 2. The lowest BCUT2D eigenvalue weighted by atomic mass is 9.89. The number of nitrogens with one attached hydrogen (secondary N) is 3. The summed E-state index contributed by atoms with van der Waals surface area (Å²) < 4.78 is 0. The minimum Gasteiger partial charge on any atom is -0.353 e. The first-order chi connectivity index (χ1) is 18.7. The van der Waals surface area contributed by atoms with Crippen molar-refractivity contribution in [1.29, 1.82) is 0 Å². The van der Waals surface area contributed by atoms with Crippen LogP contribution in [-0.4, -0.2) is 33.3 Å². The molecule has 2 aromatic carbocycles. The number of pyridine rings is 1. The molecule has 1 aliphatic rings. The molecule has 0 saturated carbocycles. The van der Waals surface area contributed by atoms with Crippen LogP contribution in [0.4, 0.5) is 0 Å². The summed E-state index contributed by atoms with van der Waals surface area (Å²) in [5.74, 6) is 0.722. The van der Waals surface area contributed by atoms with E-state index < -0.39 is 0 Å². The van der Waals surface area contributed by atoms with E-state index in [1.807, 2.05) is 18.3 Å². The lowest BCUT2D eigenvalue weighted by Crippen LogP contribution is -2.27. The Morgan fingerprint density at radius 3 is 2.71 bits per heavy atom. The summed E-state index contributed by atoms with van der Waals surface area (Å²) in [6, 6.07) is 19.2. The highest BCUT2D eigenvalue weighted by molar-refractivity contribution is 6.01. The molecule has 5 nitrogen and oxygen atoms in total. The van der Waals surface area contributed by atoms with Gasteiger partial charge in [0.2, 0.25) is 0 Å². The Bertz CT molecular complexity index is 1650. The number of hydrogen-bond donors (Lipinski definition) is 3. The average Bonchev–Trinajstić information content (AvgIpc) is 3.60. The van der Waals surface area contributed by atoms with E-state index in [0.29, 0.717) is 0 Å². The van der Waals surface area contributed by atoms with Crippen molar-refractivity contribution in [2.45, 2.75) is 26.2 Å². The normalized spacial score (nSPS) is 15.4. The zero-order valence-electron chi connectivity index (χ0n) is 21.8. The van der Waals surface area contributed by atoms with Crippen LogP contribution in [0.25, 0.3) is 49.9 Å². The van der Waals surface area contributed by atoms with Gasteiger partial charge < -0.3 is 10.3 Å². The SMILES string of the molecule is C=C/C(=C\C(=C/C)c1ccc2[nH]nc(-c3cc4c(-c5cccnc5)cccc4[nH]3)c2c1)CC1CCNCC1. The van der Waals surface area contributed by atoms with E-state index in [2.05, 4.69) is 94.6 Å². The molecule has 6 rings (SSSR count). The van der Waals surface area contributed by atoms with Gasteiger partial charge in [0, 0.05) is 34.2 Å². The third kappa shape index (κ3) is 4.73. The highest BCUT2D eigenvalue weighted by Gasteiger charge is 2.16. The van der Waals surface area contributed by atoms with E-state index >= 15 is 0 Å². The van der Waals surface area contributed by atoms with Crippen LogP contribution in [0.5, 0.6) is 0 Å². The van der Waals surface area contributed by atoms with Gasteiger partial charge in [-0.25, -0.2) is 0 Å². The molecule has 4 heterocycles. The molecule has 5 heteroatoms. The first-order valence-corrected chi connectivity index (χ1v) is 13.4. The molecule has 0 unspecified atom stereocenters. The molecular formula is C33H33N5. The number of benzene rings is 2. The topological polar surface area (TPSA) is 69.4 Å². The third-order valence-electron chi connectivity index (χ3n) is 7.69. The van der Waals surface area contributed by atoms with Gasteiger partial charge in [-0.05, 0) is 97.8 Å². The van der Waals surface area contributed by atoms with Crippen molar-refractivity contribution in [2.24, 2.45) is 5.92 Å². The summed E-state index contributed by atoms with van der Waals surface area (Å²) in [7, 11) is 0. The van der Waals surface area contributed by atoms with Gasteiger partial charge in [-0.1, -0.05) is 49.1 Å². The van der Waals surface area contributed by atoms with E-state index in [4.69, 9.17) is 5.10 Å². The van der Waals surface area contributed by atoms with E-state index in [-0.39, 0.29) is 0 Å². The minimum atomic E-state index is 0.722. The van der Waals surface area contributed by atoms with Gasteiger partial charge >= 0.3 is 0 Å². The monoisotopic (exact) mass is 499 g/mol. The molecule has 3 N–H and O–H groups in total. The molecule has 1 fully saturated rings. The van der Waals surface area contributed by atoms with Gasteiger partial charge in [0.25, 0.3) is 0 Å². The fourth-order valence-electron chi connectivity index (χ4n) is 5.61. The molecule has 0 spiro atoms. The van der Waals surface area contributed by atoms with E-state index in [1.54, 1.807) is 6.20 Å². The largest absolute Gasteiger partial charge is 0.353 e. The summed E-state index contributed by atoms with van der Waals surface area (Å²) in [5, 5.41) is 13.7. The smallest absolute Gasteiger partial charge is 0.116 e. The number of nitrogens with zero attached hydrogens (tertiary/aromatic N) is 2. The zero-order chi connectivity index (χ0) is 25.9. The summed E-state index contributed by atoms with van der Waals surface area (Å²) in [4.78, 5) is 7.91. The highest BCUT2D eigenvalue weighted by atomic mass is 15.1. The number of hydrogen-bond acceptors (Lipinski definition) is 3. The number of rotatable bonds is 7. The van der Waals surface area contributed by atoms with Crippen LogP contribution in [-0.2, 0) is 0 Å². The minimum absolute atomic E-state index is 0.722. The van der Waals surface area contributed by atoms with Crippen molar-refractivity contribution >= 4 is 27.4 Å². The summed E-state index contributed by atoms with van der Waals surface area (Å²) in [6.07, 6.45) is 13.8. The maximum absolute atomic E-state index is 4.72. The van der Waals surface area contributed by atoms with Gasteiger partial charge in [0.15, 0.2) is 0 Å². The first kappa shape index (κ1) is 24.1. The van der Waals surface area contributed by atoms with Gasteiger partial charge in [-0.3, -0.25) is 10.1 Å². The van der Waals surface area contributed by atoms with Crippen molar-refractivity contribution in [1.82, 2.24) is 25.5 Å². The van der Waals surface area contributed by atoms with Crippen molar-refractivity contribution in [3.8, 4) is 22.5 Å². The average molecular weight is 500 g/mol. The molecule has 0 bridgehead atoms. The molecule has 190 valence electrons. The second-order valence-electron chi connectivity index (χ2n) is 10.1. The Morgan fingerprint density at radius 1 is 1.03 bits per heavy atom. The molecule has 38 heavy (non-hydrogen) atoms. The van der Waals surface area contributed by atoms with Crippen LogP contribution in [0, 0.1) is 5.92 Å². The van der Waals surface area contributed by atoms with E-state index in [1.165, 1.54) is 29.6 Å². The fourth-order valence-corrected chi connectivity index (χ4v) is 5.61. The maximum Gasteiger partial charge on any atom is 0.116 e. The molecule has 5 aromatic rings. The molecule has 0 amide bonds. The van der Waals surface area contributed by atoms with E-state index in [9.17, 15) is 0 Å². The van der Waals surface area contributed by atoms with Crippen molar-refractivity contribution < 1.29 is 0 Å².